The maximum absolute atomic E-state index is 14.2. The van der Waals surface area contributed by atoms with Crippen molar-refractivity contribution in [2.24, 2.45) is 5.92 Å². The first-order valence-electron chi connectivity index (χ1n) is 10.3. The highest BCUT2D eigenvalue weighted by atomic mass is 19.4. The lowest BCUT2D eigenvalue weighted by molar-refractivity contribution is -0.306. The first-order valence-corrected chi connectivity index (χ1v) is 10.3. The molecule has 1 fully saturated rings. The molecule has 2 aromatic carbocycles. The minimum Gasteiger partial charge on any atom is -0.424 e. The van der Waals surface area contributed by atoms with E-state index in [-0.39, 0.29) is 5.56 Å². The van der Waals surface area contributed by atoms with Crippen LogP contribution < -0.4 is 4.74 Å². The predicted molar refractivity (Wildman–Crippen MR) is 105 cm³/mol. The minimum atomic E-state index is -5.97. The van der Waals surface area contributed by atoms with Gasteiger partial charge in [0.1, 0.15) is 0 Å². The molecule has 1 unspecified atom stereocenters. The molecule has 1 aliphatic carbocycles. The largest absolute Gasteiger partial charge is 0.439 e. The van der Waals surface area contributed by atoms with Gasteiger partial charge in [-0.15, -0.1) is 0 Å². The van der Waals surface area contributed by atoms with Gasteiger partial charge in [-0.25, -0.2) is 13.2 Å². The Morgan fingerprint density at radius 3 is 1.91 bits per heavy atom. The van der Waals surface area contributed by atoms with Crippen LogP contribution in [-0.2, 0) is 4.74 Å². The minimum absolute atomic E-state index is 0.0383. The van der Waals surface area contributed by atoms with Crippen molar-refractivity contribution >= 4 is 0 Å². The Bertz CT molecular complexity index is 911. The molecule has 182 valence electrons. The van der Waals surface area contributed by atoms with E-state index < -0.39 is 35.8 Å². The highest BCUT2D eigenvalue weighted by Crippen LogP contribution is 2.40. The van der Waals surface area contributed by atoms with Crippen LogP contribution in [0.2, 0.25) is 0 Å². The molecular weight excluding hydrogens is 460 g/mol. The van der Waals surface area contributed by atoms with E-state index in [9.17, 15) is 35.1 Å². The topological polar surface area (TPSA) is 18.5 Å². The lowest BCUT2D eigenvalue weighted by Gasteiger charge is -2.28. The van der Waals surface area contributed by atoms with Crippen molar-refractivity contribution in [1.82, 2.24) is 0 Å². The van der Waals surface area contributed by atoms with E-state index in [2.05, 4.69) is 4.74 Å². The summed E-state index contributed by atoms with van der Waals surface area (Å²) in [6.07, 6.45) is -12.2. The van der Waals surface area contributed by atoms with Gasteiger partial charge in [-0.05, 0) is 66.3 Å². The van der Waals surface area contributed by atoms with Crippen LogP contribution in [0.3, 0.4) is 0 Å². The number of methoxy groups -OCH3 is 1. The molecule has 1 saturated carbocycles. The number of benzene rings is 2. The molecule has 0 aliphatic heterocycles. The fourth-order valence-corrected chi connectivity index (χ4v) is 4.05. The Labute approximate surface area is 185 Å². The first kappa shape index (κ1) is 25.3. The van der Waals surface area contributed by atoms with E-state index >= 15 is 0 Å². The molecule has 0 saturated heterocycles. The highest BCUT2D eigenvalue weighted by Gasteiger charge is 2.59. The normalized spacial score (nSPS) is 20.5. The molecule has 0 aromatic heterocycles. The summed E-state index contributed by atoms with van der Waals surface area (Å²) in [5, 5.41) is 0. The number of hydrogen-bond acceptors (Lipinski definition) is 2. The van der Waals surface area contributed by atoms with Crippen LogP contribution in [0.15, 0.2) is 36.4 Å². The van der Waals surface area contributed by atoms with Crippen LogP contribution in [0.1, 0.15) is 37.2 Å². The first-order chi connectivity index (χ1) is 15.4. The molecule has 0 heterocycles. The molecule has 0 bridgehead atoms. The maximum Gasteiger partial charge on any atom is 0.439 e. The molecule has 0 N–H and O–H groups in total. The van der Waals surface area contributed by atoms with E-state index in [0.717, 1.165) is 37.9 Å². The summed E-state index contributed by atoms with van der Waals surface area (Å²) < 4.78 is 114. The molecule has 0 radical (unpaired) electrons. The summed E-state index contributed by atoms with van der Waals surface area (Å²) in [4.78, 5) is 0. The average molecular weight is 482 g/mol. The molecule has 2 nitrogen and oxygen atoms in total. The molecule has 10 heteroatoms. The summed E-state index contributed by atoms with van der Waals surface area (Å²) in [6, 6.07) is 8.12. The fraction of sp³-hybridized carbons (Fsp3) is 0.478. The summed E-state index contributed by atoms with van der Waals surface area (Å²) in [5.74, 6) is -4.30. The number of halogens is 8. The van der Waals surface area contributed by atoms with Crippen LogP contribution >= 0.6 is 0 Å². The molecule has 1 aliphatic rings. The van der Waals surface area contributed by atoms with Gasteiger partial charge in [0.2, 0.25) is 0 Å². The Balaban J connectivity index is 1.75. The van der Waals surface area contributed by atoms with Crippen molar-refractivity contribution in [1.29, 1.82) is 0 Å². The van der Waals surface area contributed by atoms with Gasteiger partial charge in [-0.1, -0.05) is 24.3 Å². The SMILES string of the molecule is COCC1CCC(c2ccc(-c3cc(F)c(OC(F)(F)C(F)C(F)(F)F)c(F)c3)cc2)CC1. The van der Waals surface area contributed by atoms with E-state index in [1.165, 1.54) is 0 Å². The Morgan fingerprint density at radius 1 is 0.879 bits per heavy atom. The van der Waals surface area contributed by atoms with Crippen molar-refractivity contribution in [2.45, 2.75) is 50.1 Å². The Kier molecular flexibility index (Phi) is 7.55. The number of ether oxygens (including phenoxy) is 2. The monoisotopic (exact) mass is 482 g/mol. The summed E-state index contributed by atoms with van der Waals surface area (Å²) in [5.41, 5.74) is 1.38. The smallest absolute Gasteiger partial charge is 0.424 e. The lowest BCUT2D eigenvalue weighted by Crippen LogP contribution is -2.46. The number of rotatable bonds is 7. The molecular formula is C23H22F8O2. The second-order valence-corrected chi connectivity index (χ2v) is 8.13. The zero-order valence-corrected chi connectivity index (χ0v) is 17.6. The van der Waals surface area contributed by atoms with Crippen molar-refractivity contribution in [2.75, 3.05) is 13.7 Å². The van der Waals surface area contributed by atoms with Gasteiger partial charge in [0.05, 0.1) is 0 Å². The molecule has 0 spiro atoms. The quantitative estimate of drug-likeness (QED) is 0.382. The molecule has 1 atom stereocenters. The summed E-state index contributed by atoms with van der Waals surface area (Å²) in [7, 11) is 1.67. The fourth-order valence-electron chi connectivity index (χ4n) is 4.05. The van der Waals surface area contributed by atoms with E-state index in [1.54, 1.807) is 19.2 Å². The van der Waals surface area contributed by atoms with Crippen LogP contribution in [0.25, 0.3) is 11.1 Å². The average Bonchev–Trinajstić information content (AvgIpc) is 2.76. The van der Waals surface area contributed by atoms with Crippen LogP contribution in [0.5, 0.6) is 5.75 Å². The molecule has 33 heavy (non-hydrogen) atoms. The summed E-state index contributed by atoms with van der Waals surface area (Å²) >= 11 is 0. The van der Waals surface area contributed by atoms with Crippen LogP contribution in [-0.4, -0.2) is 32.2 Å². The van der Waals surface area contributed by atoms with Crippen LogP contribution in [0, 0.1) is 17.6 Å². The van der Waals surface area contributed by atoms with Gasteiger partial charge in [-0.2, -0.15) is 22.0 Å². The summed E-state index contributed by atoms with van der Waals surface area (Å²) in [6.45, 7) is 0.719. The van der Waals surface area contributed by atoms with Crippen molar-refractivity contribution in [3.8, 4) is 16.9 Å². The third kappa shape index (κ3) is 5.96. The zero-order chi connectivity index (χ0) is 24.4. The second-order valence-electron chi connectivity index (χ2n) is 8.13. The predicted octanol–water partition coefficient (Wildman–Crippen LogP) is 7.42. The van der Waals surface area contributed by atoms with Gasteiger partial charge in [0.15, 0.2) is 17.4 Å². The van der Waals surface area contributed by atoms with Crippen LogP contribution in [0.4, 0.5) is 35.1 Å². The van der Waals surface area contributed by atoms with E-state index in [4.69, 9.17) is 4.74 Å². The number of hydrogen-bond donors (Lipinski definition) is 0. The molecule has 3 rings (SSSR count). The Hall–Kier alpha value is -2.36. The lowest BCUT2D eigenvalue weighted by atomic mass is 9.79. The van der Waals surface area contributed by atoms with Gasteiger partial charge >= 0.3 is 12.3 Å². The van der Waals surface area contributed by atoms with Gasteiger partial charge in [0, 0.05) is 13.7 Å². The standard InChI is InChI=1S/C23H22F8O2/c1-32-12-13-2-4-14(5-3-13)15-6-8-16(9-7-15)17-10-18(24)20(19(25)11-17)33-23(30,31)21(26)22(27,28)29/h6-11,13-14,21H,2-5,12H2,1H3. The van der Waals surface area contributed by atoms with Crippen molar-refractivity contribution in [3.63, 3.8) is 0 Å². The second kappa shape index (κ2) is 9.87. The van der Waals surface area contributed by atoms with Gasteiger partial charge in [0.25, 0.3) is 6.17 Å². The molecule has 2 aromatic rings. The Morgan fingerprint density at radius 2 is 1.42 bits per heavy atom. The maximum atomic E-state index is 14.2. The van der Waals surface area contributed by atoms with Gasteiger partial charge < -0.3 is 9.47 Å². The zero-order valence-electron chi connectivity index (χ0n) is 17.6. The third-order valence-electron chi connectivity index (χ3n) is 5.78. The van der Waals surface area contributed by atoms with E-state index in [0.29, 0.717) is 29.5 Å². The van der Waals surface area contributed by atoms with E-state index in [1.807, 2.05) is 12.1 Å². The van der Waals surface area contributed by atoms with Crippen molar-refractivity contribution in [3.05, 3.63) is 53.6 Å². The van der Waals surface area contributed by atoms with Gasteiger partial charge in [-0.3, -0.25) is 0 Å². The van der Waals surface area contributed by atoms with Crippen molar-refractivity contribution < 1.29 is 44.6 Å². The number of alkyl halides is 6. The molecule has 0 amide bonds. The third-order valence-corrected chi connectivity index (χ3v) is 5.78. The highest BCUT2D eigenvalue weighted by molar-refractivity contribution is 5.65.